The molecule has 2 aromatic carbocycles. The third-order valence-electron chi connectivity index (χ3n) is 3.62. The Kier molecular flexibility index (Phi) is 8.77. The fraction of sp³-hybridized carbons (Fsp3) is 0.227. The normalized spacial score (nSPS) is 10.2. The molecule has 0 heterocycles. The second kappa shape index (κ2) is 11.8. The number of hydrogen-bond acceptors (Lipinski definition) is 5. The van der Waals surface area contributed by atoms with Crippen LogP contribution in [-0.4, -0.2) is 37.8 Å². The van der Waals surface area contributed by atoms with Gasteiger partial charge in [0.15, 0.2) is 0 Å². The summed E-state index contributed by atoms with van der Waals surface area (Å²) in [5.41, 5.74) is 3.45. The van der Waals surface area contributed by atoms with Crippen molar-refractivity contribution in [2.45, 2.75) is 13.3 Å². The molecule has 0 atom stereocenters. The van der Waals surface area contributed by atoms with Gasteiger partial charge >= 0.3 is 0 Å². The van der Waals surface area contributed by atoms with Gasteiger partial charge in [-0.15, -0.1) is 6.42 Å². The van der Waals surface area contributed by atoms with Crippen LogP contribution in [0.1, 0.15) is 29.3 Å². The van der Waals surface area contributed by atoms with E-state index in [1.807, 2.05) is 13.0 Å². The van der Waals surface area contributed by atoms with E-state index in [2.05, 4.69) is 21.8 Å². The van der Waals surface area contributed by atoms with Crippen molar-refractivity contribution in [3.63, 3.8) is 0 Å². The van der Waals surface area contributed by atoms with Crippen molar-refractivity contribution >= 4 is 18.0 Å². The Bertz CT molecular complexity index is 886. The smallest absolute Gasteiger partial charge is 0.259 e. The van der Waals surface area contributed by atoms with E-state index in [1.165, 1.54) is 6.21 Å². The Labute approximate surface area is 170 Å². The molecule has 7 nitrogen and oxygen atoms in total. The first-order chi connectivity index (χ1) is 14.1. The molecule has 0 aliphatic carbocycles. The highest BCUT2D eigenvalue weighted by Gasteiger charge is 2.08. The average molecular weight is 393 g/mol. The average Bonchev–Trinajstić information content (AvgIpc) is 2.75. The summed E-state index contributed by atoms with van der Waals surface area (Å²) in [4.78, 5) is 24.0. The maximum absolute atomic E-state index is 12.1. The van der Waals surface area contributed by atoms with Crippen LogP contribution in [-0.2, 0) is 4.79 Å². The van der Waals surface area contributed by atoms with E-state index in [-0.39, 0.29) is 19.1 Å². The minimum atomic E-state index is -0.459. The van der Waals surface area contributed by atoms with Crippen LogP contribution in [0.5, 0.6) is 11.5 Å². The second-order valence-corrected chi connectivity index (χ2v) is 5.88. The molecule has 0 fully saturated rings. The van der Waals surface area contributed by atoms with E-state index < -0.39 is 5.91 Å². The number of rotatable bonds is 10. The maximum Gasteiger partial charge on any atom is 0.259 e. The third kappa shape index (κ3) is 7.39. The first-order valence-corrected chi connectivity index (χ1v) is 9.12. The van der Waals surface area contributed by atoms with E-state index in [1.54, 1.807) is 42.5 Å². The molecule has 0 radical (unpaired) electrons. The molecule has 0 bridgehead atoms. The van der Waals surface area contributed by atoms with Gasteiger partial charge in [-0.3, -0.25) is 9.59 Å². The number of terminal acetylenes is 1. The molecule has 0 saturated carbocycles. The van der Waals surface area contributed by atoms with Crippen LogP contribution < -0.4 is 20.2 Å². The number of para-hydroxylation sites is 1. The standard InChI is InChI=1S/C22H23N3O4/c1-3-13-28-19-11-9-17(10-12-19)22(27)23-16-21(26)25-24-15-18-7-5-6-8-20(18)29-14-4-2/h2,5-12,15H,3,13-14,16H2,1H3,(H,23,27)(H,25,26)/b24-15+. The molecule has 2 aromatic rings. The topological polar surface area (TPSA) is 89.0 Å². The van der Waals surface area contributed by atoms with E-state index in [0.29, 0.717) is 29.2 Å². The summed E-state index contributed by atoms with van der Waals surface area (Å²) in [6.45, 7) is 2.56. The molecule has 2 N–H and O–H groups in total. The van der Waals surface area contributed by atoms with Gasteiger partial charge in [-0.1, -0.05) is 25.0 Å². The Balaban J connectivity index is 1.80. The molecular formula is C22H23N3O4. The van der Waals surface area contributed by atoms with Gasteiger partial charge in [0.1, 0.15) is 18.1 Å². The molecule has 0 unspecified atom stereocenters. The Morgan fingerprint density at radius 2 is 1.90 bits per heavy atom. The van der Waals surface area contributed by atoms with Crippen molar-refractivity contribution in [2.24, 2.45) is 5.10 Å². The molecule has 0 aromatic heterocycles. The molecule has 29 heavy (non-hydrogen) atoms. The highest BCUT2D eigenvalue weighted by Crippen LogP contribution is 2.15. The van der Waals surface area contributed by atoms with Gasteiger partial charge in [0.2, 0.25) is 0 Å². The number of carbonyl (C=O) groups excluding carboxylic acids is 2. The zero-order valence-electron chi connectivity index (χ0n) is 16.2. The quantitative estimate of drug-likeness (QED) is 0.368. The summed E-state index contributed by atoms with van der Waals surface area (Å²) in [5.74, 6) is 2.82. The van der Waals surface area contributed by atoms with Gasteiger partial charge in [-0.05, 0) is 42.8 Å². The Hall–Kier alpha value is -3.79. The second-order valence-electron chi connectivity index (χ2n) is 5.88. The third-order valence-corrected chi connectivity index (χ3v) is 3.62. The lowest BCUT2D eigenvalue weighted by molar-refractivity contribution is -0.120. The van der Waals surface area contributed by atoms with Crippen LogP contribution in [0, 0.1) is 12.3 Å². The number of nitrogens with zero attached hydrogens (tertiary/aromatic N) is 1. The van der Waals surface area contributed by atoms with E-state index >= 15 is 0 Å². The Morgan fingerprint density at radius 1 is 1.14 bits per heavy atom. The molecule has 0 aliphatic heterocycles. The number of carbonyl (C=O) groups is 2. The number of benzene rings is 2. The summed E-state index contributed by atoms with van der Waals surface area (Å²) < 4.78 is 10.9. The van der Waals surface area contributed by atoms with Gasteiger partial charge in [0, 0.05) is 11.1 Å². The fourth-order valence-corrected chi connectivity index (χ4v) is 2.24. The lowest BCUT2D eigenvalue weighted by Gasteiger charge is -2.07. The zero-order chi connectivity index (χ0) is 20.9. The first kappa shape index (κ1) is 21.5. The van der Waals surface area contributed by atoms with Crippen molar-refractivity contribution < 1.29 is 19.1 Å². The zero-order valence-corrected chi connectivity index (χ0v) is 16.2. The van der Waals surface area contributed by atoms with Crippen LogP contribution >= 0.6 is 0 Å². The summed E-state index contributed by atoms with van der Waals surface area (Å²) >= 11 is 0. The molecule has 7 heteroatoms. The fourth-order valence-electron chi connectivity index (χ4n) is 2.24. The molecule has 2 amide bonds. The van der Waals surface area contributed by atoms with Crippen LogP contribution in [0.3, 0.4) is 0 Å². The van der Waals surface area contributed by atoms with Crippen molar-refractivity contribution in [1.29, 1.82) is 0 Å². The summed E-state index contributed by atoms with van der Waals surface area (Å²) in [5, 5.41) is 6.41. The number of amides is 2. The van der Waals surface area contributed by atoms with Crippen LogP contribution in [0.25, 0.3) is 0 Å². The summed E-state index contributed by atoms with van der Waals surface area (Å²) in [7, 11) is 0. The largest absolute Gasteiger partial charge is 0.494 e. The monoisotopic (exact) mass is 393 g/mol. The lowest BCUT2D eigenvalue weighted by Crippen LogP contribution is -2.34. The minimum Gasteiger partial charge on any atom is -0.494 e. The van der Waals surface area contributed by atoms with Gasteiger partial charge < -0.3 is 14.8 Å². The SMILES string of the molecule is C#CCOc1ccccc1/C=N/NC(=O)CNC(=O)c1ccc(OCCC)cc1. The van der Waals surface area contributed by atoms with Crippen LogP contribution in [0.15, 0.2) is 53.6 Å². The number of nitrogens with one attached hydrogen (secondary N) is 2. The molecular weight excluding hydrogens is 370 g/mol. The maximum atomic E-state index is 12.1. The number of ether oxygens (including phenoxy) is 2. The van der Waals surface area contributed by atoms with Crippen LogP contribution in [0.2, 0.25) is 0 Å². The predicted octanol–water partition coefficient (Wildman–Crippen LogP) is 2.37. The van der Waals surface area contributed by atoms with E-state index in [9.17, 15) is 9.59 Å². The molecule has 2 rings (SSSR count). The molecule has 0 spiro atoms. The van der Waals surface area contributed by atoms with Crippen molar-refractivity contribution in [3.05, 3.63) is 59.7 Å². The van der Waals surface area contributed by atoms with E-state index in [0.717, 1.165) is 6.42 Å². The van der Waals surface area contributed by atoms with Gasteiger partial charge in [-0.2, -0.15) is 5.10 Å². The van der Waals surface area contributed by atoms with E-state index in [4.69, 9.17) is 15.9 Å². The summed E-state index contributed by atoms with van der Waals surface area (Å²) in [6, 6.07) is 13.9. The van der Waals surface area contributed by atoms with Crippen LogP contribution in [0.4, 0.5) is 0 Å². The summed E-state index contributed by atoms with van der Waals surface area (Å²) in [6.07, 6.45) is 7.54. The minimum absolute atomic E-state index is 0.134. The molecule has 150 valence electrons. The van der Waals surface area contributed by atoms with Crippen molar-refractivity contribution in [2.75, 3.05) is 19.8 Å². The molecule has 0 aliphatic rings. The Morgan fingerprint density at radius 3 is 2.62 bits per heavy atom. The highest BCUT2D eigenvalue weighted by atomic mass is 16.5. The molecule has 0 saturated heterocycles. The van der Waals surface area contributed by atoms with Gasteiger partial charge in [0.25, 0.3) is 11.8 Å². The number of hydrogen-bond donors (Lipinski definition) is 2. The predicted molar refractivity (Wildman–Crippen MR) is 111 cm³/mol. The lowest BCUT2D eigenvalue weighted by atomic mass is 10.2. The van der Waals surface area contributed by atoms with Gasteiger partial charge in [0.05, 0.1) is 19.4 Å². The highest BCUT2D eigenvalue weighted by molar-refractivity contribution is 5.96. The van der Waals surface area contributed by atoms with Crippen molar-refractivity contribution in [1.82, 2.24) is 10.7 Å². The first-order valence-electron chi connectivity index (χ1n) is 9.12. The number of hydrazone groups is 1. The van der Waals surface area contributed by atoms with Gasteiger partial charge in [-0.25, -0.2) is 5.43 Å². The van der Waals surface area contributed by atoms with Crippen molar-refractivity contribution in [3.8, 4) is 23.8 Å².